The van der Waals surface area contributed by atoms with E-state index in [0.29, 0.717) is 0 Å². The van der Waals surface area contributed by atoms with E-state index >= 15 is 0 Å². The van der Waals surface area contributed by atoms with E-state index in [1.165, 1.54) is 45.2 Å². The Bertz CT molecular complexity index is 63.0. The summed E-state index contributed by atoms with van der Waals surface area (Å²) in [6.45, 7) is 2.64. The van der Waals surface area contributed by atoms with Gasteiger partial charge < -0.3 is 0 Å². The first kappa shape index (κ1) is 7.07. The molecule has 0 aromatic carbocycles. The Morgan fingerprint density at radius 2 is 1.22 bits per heavy atom. The zero-order valence-corrected chi connectivity index (χ0v) is 6.40. The van der Waals surface area contributed by atoms with Crippen LogP contribution in [0, 0.1) is 0 Å². The fourth-order valence-electron chi connectivity index (χ4n) is 1.41. The van der Waals surface area contributed by atoms with Crippen LogP contribution in [-0.2, 0) is 0 Å². The molecule has 1 fully saturated rings. The molecule has 0 spiro atoms. The lowest BCUT2D eigenvalue weighted by Crippen LogP contribution is -2.28. The Hall–Kier alpha value is -0.0400. The molecule has 1 rings (SSSR count). The van der Waals surface area contributed by atoms with Crippen LogP contribution in [0.2, 0.25) is 0 Å². The Labute approximate surface area is 58.0 Å². The van der Waals surface area contributed by atoms with Gasteiger partial charge in [-0.25, -0.2) is 0 Å². The second-order valence-electron chi connectivity index (χ2n) is 3.07. The maximum atomic E-state index is 2.44. The summed E-state index contributed by atoms with van der Waals surface area (Å²) in [4.78, 5) is 2.44. The van der Waals surface area contributed by atoms with Crippen molar-refractivity contribution in [3.05, 3.63) is 0 Å². The fourth-order valence-corrected chi connectivity index (χ4v) is 1.41. The minimum absolute atomic E-state index is 1.32. The van der Waals surface area contributed by atoms with Gasteiger partial charge in [0.15, 0.2) is 0 Å². The van der Waals surface area contributed by atoms with Crippen LogP contribution in [0.1, 0.15) is 32.1 Å². The normalized spacial score (nSPS) is 25.0. The van der Waals surface area contributed by atoms with Gasteiger partial charge in [-0.3, -0.25) is 0 Å². The third-order valence-electron chi connectivity index (χ3n) is 2.08. The zero-order chi connectivity index (χ0) is 6.53. The molecule has 53 valence electrons. The molecular formula is C8H17N+. The first-order valence-electron chi connectivity index (χ1n) is 4.08. The van der Waals surface area contributed by atoms with E-state index < -0.39 is 0 Å². The molecule has 0 aromatic rings. The van der Waals surface area contributed by atoms with Gasteiger partial charge in [0.2, 0.25) is 0 Å². The third kappa shape index (κ3) is 2.85. The summed E-state index contributed by atoms with van der Waals surface area (Å²) in [5.74, 6) is 0. The first-order chi connectivity index (χ1) is 4.39. The third-order valence-corrected chi connectivity index (χ3v) is 2.08. The van der Waals surface area contributed by atoms with Crippen LogP contribution in [-0.4, -0.2) is 20.1 Å². The van der Waals surface area contributed by atoms with Crippen molar-refractivity contribution in [3.63, 3.8) is 0 Å². The minimum atomic E-state index is 1.32. The summed E-state index contributed by atoms with van der Waals surface area (Å²) in [5.41, 5.74) is 0. The zero-order valence-electron chi connectivity index (χ0n) is 6.40. The van der Waals surface area contributed by atoms with Crippen LogP contribution in [0.25, 0.3) is 0 Å². The minimum Gasteiger partial charge on any atom is -0.173 e. The molecule has 1 heteroatoms. The molecule has 0 aromatic heterocycles. The second-order valence-corrected chi connectivity index (χ2v) is 3.07. The summed E-state index contributed by atoms with van der Waals surface area (Å²) in [6, 6.07) is 0. The standard InChI is InChI=1S/C8H17N/c1-9-7-5-3-2-4-6-8-9/h2-8H2,1H3/q+1. The van der Waals surface area contributed by atoms with E-state index in [1.54, 1.807) is 0 Å². The number of hydrogen-bond donors (Lipinski definition) is 0. The van der Waals surface area contributed by atoms with Gasteiger partial charge in [0.05, 0.1) is 0 Å². The van der Waals surface area contributed by atoms with Crippen molar-refractivity contribution < 1.29 is 0 Å². The average molecular weight is 127 g/mol. The molecule has 0 N–H and O–H groups in total. The summed E-state index contributed by atoms with van der Waals surface area (Å²) >= 11 is 0. The average Bonchev–Trinajstić information content (AvgIpc) is 1.79. The largest absolute Gasteiger partial charge is 0.173 e. The molecular weight excluding hydrogens is 110 g/mol. The highest BCUT2D eigenvalue weighted by atomic mass is 15.1. The Morgan fingerprint density at radius 3 is 1.78 bits per heavy atom. The molecule has 1 aliphatic rings. The number of likely N-dealkylation sites (tertiary alicyclic amines) is 1. The molecule has 1 nitrogen and oxygen atoms in total. The summed E-state index contributed by atoms with van der Waals surface area (Å²) in [5, 5.41) is 0. The van der Waals surface area contributed by atoms with Crippen molar-refractivity contribution >= 4 is 0 Å². The van der Waals surface area contributed by atoms with Crippen LogP contribution in [0.4, 0.5) is 0 Å². The van der Waals surface area contributed by atoms with Gasteiger partial charge in [0.1, 0.15) is 20.1 Å². The van der Waals surface area contributed by atoms with Crippen molar-refractivity contribution in [1.82, 2.24) is 4.90 Å². The van der Waals surface area contributed by atoms with E-state index in [2.05, 4.69) is 11.9 Å². The number of nitrogens with zero attached hydrogens (tertiary/aromatic N) is 1. The molecule has 1 radical (unpaired) electrons. The molecule has 1 saturated heterocycles. The van der Waals surface area contributed by atoms with Gasteiger partial charge in [-0.2, -0.15) is 4.90 Å². The maximum absolute atomic E-state index is 2.44. The van der Waals surface area contributed by atoms with E-state index in [0.717, 1.165) is 0 Å². The Morgan fingerprint density at radius 1 is 0.778 bits per heavy atom. The van der Waals surface area contributed by atoms with Crippen molar-refractivity contribution in [2.24, 2.45) is 0 Å². The van der Waals surface area contributed by atoms with E-state index in [9.17, 15) is 0 Å². The summed E-state index contributed by atoms with van der Waals surface area (Å²) in [6.07, 6.45) is 7.19. The SMILES string of the molecule is C[N+]1CCCCCCC1. The van der Waals surface area contributed by atoms with Crippen LogP contribution in [0.3, 0.4) is 0 Å². The van der Waals surface area contributed by atoms with Gasteiger partial charge in [0.25, 0.3) is 0 Å². The second kappa shape index (κ2) is 3.89. The van der Waals surface area contributed by atoms with E-state index in [-0.39, 0.29) is 0 Å². The lowest BCUT2D eigenvalue weighted by atomic mass is 10.1. The number of rotatable bonds is 0. The molecule has 0 atom stereocenters. The molecule has 1 heterocycles. The predicted molar refractivity (Wildman–Crippen MR) is 40.9 cm³/mol. The lowest BCUT2D eigenvalue weighted by molar-refractivity contribution is 0.405. The van der Waals surface area contributed by atoms with Crippen LogP contribution in [0.15, 0.2) is 0 Å². The van der Waals surface area contributed by atoms with Crippen molar-refractivity contribution in [2.75, 3.05) is 20.1 Å². The first-order valence-corrected chi connectivity index (χ1v) is 4.08. The van der Waals surface area contributed by atoms with E-state index in [4.69, 9.17) is 0 Å². The highest BCUT2D eigenvalue weighted by Crippen LogP contribution is 2.06. The number of hydrogen-bond acceptors (Lipinski definition) is 1. The fraction of sp³-hybridized carbons (Fsp3) is 1.00. The van der Waals surface area contributed by atoms with Gasteiger partial charge in [-0.15, -0.1) is 0 Å². The smallest absolute Gasteiger partial charge is 0.122 e. The molecule has 0 unspecified atom stereocenters. The molecule has 9 heavy (non-hydrogen) atoms. The summed E-state index contributed by atoms with van der Waals surface area (Å²) in [7, 11) is 2.23. The molecule has 0 bridgehead atoms. The van der Waals surface area contributed by atoms with Crippen LogP contribution < -0.4 is 4.90 Å². The van der Waals surface area contributed by atoms with Gasteiger partial charge in [0, 0.05) is 12.8 Å². The van der Waals surface area contributed by atoms with Crippen LogP contribution in [0.5, 0.6) is 0 Å². The van der Waals surface area contributed by atoms with Crippen molar-refractivity contribution in [2.45, 2.75) is 32.1 Å². The summed E-state index contributed by atoms with van der Waals surface area (Å²) < 4.78 is 0. The van der Waals surface area contributed by atoms with E-state index in [1.807, 2.05) is 0 Å². The van der Waals surface area contributed by atoms with Gasteiger partial charge >= 0.3 is 0 Å². The highest BCUT2D eigenvalue weighted by Gasteiger charge is 2.08. The maximum Gasteiger partial charge on any atom is 0.122 e. The molecule has 0 aliphatic carbocycles. The molecule has 0 amide bonds. The Balaban J connectivity index is 2.12. The van der Waals surface area contributed by atoms with Crippen LogP contribution >= 0.6 is 0 Å². The topological polar surface area (TPSA) is 5.90 Å². The van der Waals surface area contributed by atoms with Crippen molar-refractivity contribution in [1.29, 1.82) is 0 Å². The quantitative estimate of drug-likeness (QED) is 0.437. The lowest BCUT2D eigenvalue weighted by Gasteiger charge is -2.10. The molecule has 1 aliphatic heterocycles. The monoisotopic (exact) mass is 127 g/mol. The van der Waals surface area contributed by atoms with Gasteiger partial charge in [-0.1, -0.05) is 6.42 Å². The predicted octanol–water partition coefficient (Wildman–Crippen LogP) is 1.72. The molecule has 0 saturated carbocycles. The Kier molecular flexibility index (Phi) is 3.05. The van der Waals surface area contributed by atoms with Gasteiger partial charge in [-0.05, 0) is 12.8 Å². The highest BCUT2D eigenvalue weighted by molar-refractivity contribution is 4.61. The van der Waals surface area contributed by atoms with Crippen molar-refractivity contribution in [3.8, 4) is 0 Å².